The maximum atomic E-state index is 3.74. The van der Waals surface area contributed by atoms with Gasteiger partial charge in [-0.05, 0) is 25.3 Å². The molecule has 0 radical (unpaired) electrons. The highest BCUT2D eigenvalue weighted by molar-refractivity contribution is 4.87. The van der Waals surface area contributed by atoms with E-state index in [2.05, 4.69) is 37.9 Å². The van der Waals surface area contributed by atoms with Crippen LogP contribution in [0.5, 0.6) is 0 Å². The van der Waals surface area contributed by atoms with Crippen LogP contribution in [0, 0.1) is 5.92 Å². The van der Waals surface area contributed by atoms with Gasteiger partial charge in [0.2, 0.25) is 0 Å². The number of hydrogen-bond acceptors (Lipinski definition) is 2. The molecule has 3 atom stereocenters. The fourth-order valence-corrected chi connectivity index (χ4v) is 3.36. The number of nitrogens with zero attached hydrogens (tertiary/aromatic N) is 1. The average Bonchev–Trinajstić information content (AvgIpc) is 2.49. The second-order valence-corrected chi connectivity index (χ2v) is 6.73. The Morgan fingerprint density at radius 3 is 2.40 bits per heavy atom. The molecule has 0 spiro atoms. The van der Waals surface area contributed by atoms with Crippen LogP contribution >= 0.6 is 0 Å². The van der Waals surface area contributed by atoms with E-state index in [0.717, 1.165) is 18.0 Å². The van der Waals surface area contributed by atoms with Crippen molar-refractivity contribution >= 4 is 0 Å². The van der Waals surface area contributed by atoms with E-state index in [0.29, 0.717) is 0 Å². The van der Waals surface area contributed by atoms with Crippen molar-refractivity contribution in [2.75, 3.05) is 19.6 Å². The number of piperazine rings is 1. The number of rotatable bonds is 10. The molecule has 0 aromatic rings. The van der Waals surface area contributed by atoms with Crippen molar-refractivity contribution < 1.29 is 0 Å². The van der Waals surface area contributed by atoms with Gasteiger partial charge in [-0.15, -0.1) is 0 Å². The van der Waals surface area contributed by atoms with Gasteiger partial charge in [-0.3, -0.25) is 4.90 Å². The smallest absolute Gasteiger partial charge is 0.0246 e. The van der Waals surface area contributed by atoms with Gasteiger partial charge in [-0.25, -0.2) is 0 Å². The molecule has 120 valence electrons. The minimum absolute atomic E-state index is 0.718. The third-order valence-electron chi connectivity index (χ3n) is 5.13. The molecule has 2 nitrogen and oxygen atoms in total. The average molecular weight is 283 g/mol. The van der Waals surface area contributed by atoms with E-state index in [4.69, 9.17) is 0 Å². The summed E-state index contributed by atoms with van der Waals surface area (Å²) < 4.78 is 0. The summed E-state index contributed by atoms with van der Waals surface area (Å²) in [4.78, 5) is 2.79. The standard InChI is InChI=1S/C18H38N2/c1-5-8-9-10-11-12-13-20-15-17(7-3)19-14-18(20)16(4)6-2/h16-19H,5-15H2,1-4H3. The van der Waals surface area contributed by atoms with E-state index >= 15 is 0 Å². The van der Waals surface area contributed by atoms with Gasteiger partial charge in [0.05, 0.1) is 0 Å². The lowest BCUT2D eigenvalue weighted by atomic mass is 9.93. The van der Waals surface area contributed by atoms with Crippen molar-refractivity contribution in [3.63, 3.8) is 0 Å². The van der Waals surface area contributed by atoms with Gasteiger partial charge < -0.3 is 5.32 Å². The zero-order valence-electron chi connectivity index (χ0n) is 14.5. The molecule has 2 heteroatoms. The molecule has 0 aromatic heterocycles. The molecule has 1 rings (SSSR count). The molecule has 0 bridgehead atoms. The summed E-state index contributed by atoms with van der Waals surface area (Å²) >= 11 is 0. The first-order valence-corrected chi connectivity index (χ1v) is 9.20. The van der Waals surface area contributed by atoms with Gasteiger partial charge >= 0.3 is 0 Å². The lowest BCUT2D eigenvalue weighted by Crippen LogP contribution is -2.58. The Morgan fingerprint density at radius 2 is 1.75 bits per heavy atom. The van der Waals surface area contributed by atoms with Crippen LogP contribution in [-0.4, -0.2) is 36.6 Å². The molecule has 3 unspecified atom stereocenters. The Balaban J connectivity index is 2.32. The molecular formula is C18H38N2. The van der Waals surface area contributed by atoms with Crippen molar-refractivity contribution in [1.82, 2.24) is 10.2 Å². The molecule has 1 aliphatic heterocycles. The molecule has 1 heterocycles. The van der Waals surface area contributed by atoms with Crippen LogP contribution in [0.3, 0.4) is 0 Å². The number of unbranched alkanes of at least 4 members (excludes halogenated alkanes) is 5. The summed E-state index contributed by atoms with van der Waals surface area (Å²) in [6, 6.07) is 1.48. The Morgan fingerprint density at radius 1 is 1.05 bits per heavy atom. The number of nitrogens with one attached hydrogen (secondary N) is 1. The highest BCUT2D eigenvalue weighted by Crippen LogP contribution is 2.20. The van der Waals surface area contributed by atoms with E-state index in [1.54, 1.807) is 0 Å². The molecule has 0 aliphatic carbocycles. The molecule has 20 heavy (non-hydrogen) atoms. The first-order chi connectivity index (χ1) is 9.72. The molecule has 1 aliphatic rings. The van der Waals surface area contributed by atoms with Crippen LogP contribution in [0.15, 0.2) is 0 Å². The van der Waals surface area contributed by atoms with Crippen molar-refractivity contribution in [3.8, 4) is 0 Å². The van der Waals surface area contributed by atoms with Gasteiger partial charge in [0.25, 0.3) is 0 Å². The summed E-state index contributed by atoms with van der Waals surface area (Å²) in [5, 5.41) is 3.74. The Kier molecular flexibility index (Phi) is 9.54. The lowest BCUT2D eigenvalue weighted by Gasteiger charge is -2.43. The predicted octanol–water partition coefficient (Wildman–Crippen LogP) is 4.45. The normalized spacial score (nSPS) is 25.8. The van der Waals surface area contributed by atoms with Crippen LogP contribution in [-0.2, 0) is 0 Å². The maximum absolute atomic E-state index is 3.74. The van der Waals surface area contributed by atoms with Crippen LogP contribution in [0.1, 0.15) is 79.1 Å². The third kappa shape index (κ3) is 6.13. The summed E-state index contributed by atoms with van der Waals surface area (Å²) in [7, 11) is 0. The van der Waals surface area contributed by atoms with Gasteiger partial charge in [-0.1, -0.05) is 66.2 Å². The first kappa shape index (κ1) is 18.0. The molecule has 1 fully saturated rings. The van der Waals surface area contributed by atoms with Gasteiger partial charge in [0.15, 0.2) is 0 Å². The van der Waals surface area contributed by atoms with Crippen LogP contribution in [0.4, 0.5) is 0 Å². The highest BCUT2D eigenvalue weighted by Gasteiger charge is 2.29. The second-order valence-electron chi connectivity index (χ2n) is 6.73. The minimum Gasteiger partial charge on any atom is -0.311 e. The molecule has 1 N–H and O–H groups in total. The molecule has 0 amide bonds. The lowest BCUT2D eigenvalue weighted by molar-refractivity contribution is 0.0884. The summed E-state index contributed by atoms with van der Waals surface area (Å²) in [6.45, 7) is 13.1. The fraction of sp³-hybridized carbons (Fsp3) is 1.00. The summed E-state index contributed by atoms with van der Waals surface area (Å²) in [6.07, 6.45) is 11.0. The van der Waals surface area contributed by atoms with Gasteiger partial charge in [0.1, 0.15) is 0 Å². The molecular weight excluding hydrogens is 244 g/mol. The SMILES string of the molecule is CCCCCCCCN1CC(CC)NCC1C(C)CC. The van der Waals surface area contributed by atoms with Gasteiger partial charge in [0, 0.05) is 25.2 Å². The zero-order chi connectivity index (χ0) is 14.8. The van der Waals surface area contributed by atoms with Crippen LogP contribution in [0.25, 0.3) is 0 Å². The second kappa shape index (κ2) is 10.6. The zero-order valence-corrected chi connectivity index (χ0v) is 14.5. The first-order valence-electron chi connectivity index (χ1n) is 9.20. The van der Waals surface area contributed by atoms with E-state index in [1.165, 1.54) is 71.0 Å². The monoisotopic (exact) mass is 282 g/mol. The van der Waals surface area contributed by atoms with Crippen molar-refractivity contribution in [2.24, 2.45) is 5.92 Å². The van der Waals surface area contributed by atoms with E-state index in [-0.39, 0.29) is 0 Å². The minimum atomic E-state index is 0.718. The predicted molar refractivity (Wildman–Crippen MR) is 90.3 cm³/mol. The fourth-order valence-electron chi connectivity index (χ4n) is 3.36. The van der Waals surface area contributed by atoms with Crippen LogP contribution in [0.2, 0.25) is 0 Å². The number of hydrogen-bond donors (Lipinski definition) is 1. The topological polar surface area (TPSA) is 15.3 Å². The summed E-state index contributed by atoms with van der Waals surface area (Å²) in [5.74, 6) is 0.820. The van der Waals surface area contributed by atoms with E-state index < -0.39 is 0 Å². The Labute approximate surface area is 127 Å². The Bertz CT molecular complexity index is 229. The summed E-state index contributed by atoms with van der Waals surface area (Å²) in [5.41, 5.74) is 0. The van der Waals surface area contributed by atoms with Crippen molar-refractivity contribution in [3.05, 3.63) is 0 Å². The van der Waals surface area contributed by atoms with Crippen molar-refractivity contribution in [1.29, 1.82) is 0 Å². The maximum Gasteiger partial charge on any atom is 0.0246 e. The highest BCUT2D eigenvalue weighted by atomic mass is 15.2. The van der Waals surface area contributed by atoms with Gasteiger partial charge in [-0.2, -0.15) is 0 Å². The van der Waals surface area contributed by atoms with Crippen LogP contribution < -0.4 is 5.32 Å². The molecule has 0 saturated carbocycles. The van der Waals surface area contributed by atoms with Crippen molar-refractivity contribution in [2.45, 2.75) is 91.1 Å². The van der Waals surface area contributed by atoms with E-state index in [9.17, 15) is 0 Å². The van der Waals surface area contributed by atoms with E-state index in [1.807, 2.05) is 0 Å². The molecule has 1 saturated heterocycles. The quantitative estimate of drug-likeness (QED) is 0.596. The largest absolute Gasteiger partial charge is 0.311 e. The molecule has 0 aromatic carbocycles. The third-order valence-corrected chi connectivity index (χ3v) is 5.13. The Hall–Kier alpha value is -0.0800.